The van der Waals surface area contributed by atoms with Gasteiger partial charge in [0.25, 0.3) is 5.09 Å². The molecule has 0 fully saturated rings. The monoisotopic (exact) mass is 163 g/mol. The third kappa shape index (κ3) is 3470. The van der Waals surface area contributed by atoms with Crippen LogP contribution >= 0.6 is 0 Å². The Hall–Kier alpha value is -0.270. The molecule has 0 saturated heterocycles. The second-order valence-electron chi connectivity index (χ2n) is 0.640. The van der Waals surface area contributed by atoms with Crippen molar-refractivity contribution in [2.24, 2.45) is 11.5 Å². The number of nitrogens with two attached hydrogens (primary N) is 2. The van der Waals surface area contributed by atoms with E-state index in [1.165, 1.54) is 0 Å². The maximum absolute atomic E-state index is 9.00. The molecule has 50 valence electrons. The fourth-order valence-electron chi connectivity index (χ4n) is 0. The maximum Gasteiger partial charge on any atom is 0.309 e. The smallest absolute Gasteiger partial charge is 0.309 e. The van der Waals surface area contributed by atoms with E-state index in [9.17, 15) is 0 Å². The van der Waals surface area contributed by atoms with Crippen molar-refractivity contribution in [3.8, 4) is 0 Å². The summed E-state index contributed by atoms with van der Waals surface area (Å²) in [6.07, 6.45) is 0. The molecule has 0 aromatic carbocycles. The van der Waals surface area contributed by atoms with E-state index in [4.69, 9.17) is 20.1 Å². The van der Waals surface area contributed by atoms with Crippen LogP contribution in [0.15, 0.2) is 0 Å². The number of carbonyl (C=O) groups is 1. The van der Waals surface area contributed by atoms with Crippen molar-refractivity contribution in [1.82, 2.24) is 0 Å². The van der Waals surface area contributed by atoms with Gasteiger partial charge in [0.15, 0.2) is 0 Å². The summed E-state index contributed by atoms with van der Waals surface area (Å²) >= 11 is 0. The normalized spacial score (nSPS) is 5.33. The summed E-state index contributed by atoms with van der Waals surface area (Å²) in [4.78, 5) is 17.4. The molecule has 0 aromatic heterocycles. The van der Waals surface area contributed by atoms with Gasteiger partial charge >= 0.3 is 6.03 Å². The van der Waals surface area contributed by atoms with Gasteiger partial charge < -0.3 is 16.7 Å². The molecular weight excluding hydrogens is 158 g/mol. The standard InChI is InChI=1S/CH4N2O.Ca.HNO3/c2-1(3)4;;2-1(3)4/h(H4,2,3,4);;(H,2,3,4). The SMILES string of the molecule is NC(N)=O.O=[N+]([O-])O.[Ca]. The van der Waals surface area contributed by atoms with Crippen molar-refractivity contribution < 1.29 is 15.1 Å². The van der Waals surface area contributed by atoms with Crippen LogP contribution in [0.5, 0.6) is 0 Å². The fourth-order valence-corrected chi connectivity index (χ4v) is 0. The molecule has 9 heavy (non-hydrogen) atoms. The molecular formula is CH5CaN3O4. The zero-order chi connectivity index (χ0) is 7.15. The third-order valence-corrected chi connectivity index (χ3v) is 0. The van der Waals surface area contributed by atoms with Crippen molar-refractivity contribution in [2.45, 2.75) is 0 Å². The number of rotatable bonds is 0. The van der Waals surface area contributed by atoms with Crippen LogP contribution in [-0.2, 0) is 0 Å². The quantitative estimate of drug-likeness (QED) is 0.223. The summed E-state index contributed by atoms with van der Waals surface area (Å²) in [6.45, 7) is 0. The van der Waals surface area contributed by atoms with Crippen LogP contribution < -0.4 is 11.5 Å². The van der Waals surface area contributed by atoms with Crippen LogP contribution in [0.2, 0.25) is 0 Å². The molecule has 0 spiro atoms. The minimum absolute atomic E-state index is 0. The van der Waals surface area contributed by atoms with Gasteiger partial charge in [-0.1, -0.05) is 0 Å². The van der Waals surface area contributed by atoms with Crippen molar-refractivity contribution in [2.75, 3.05) is 0 Å². The molecule has 0 atom stereocenters. The predicted molar refractivity (Wildman–Crippen MR) is 28.3 cm³/mol. The maximum atomic E-state index is 9.00. The van der Waals surface area contributed by atoms with Gasteiger partial charge in [-0.05, 0) is 0 Å². The van der Waals surface area contributed by atoms with E-state index in [1.807, 2.05) is 0 Å². The second kappa shape index (κ2) is 10.7. The zero-order valence-electron chi connectivity index (χ0n) is 4.48. The van der Waals surface area contributed by atoms with Crippen molar-refractivity contribution >= 4 is 43.8 Å². The number of hydrogen-bond donors (Lipinski definition) is 3. The molecule has 0 aromatic rings. The third-order valence-electron chi connectivity index (χ3n) is 0. The number of urea groups is 1. The Balaban J connectivity index is -0.0000000720. The number of nitrogens with zero attached hydrogens (tertiary/aromatic N) is 1. The Morgan fingerprint density at radius 2 is 1.56 bits per heavy atom. The van der Waals surface area contributed by atoms with Gasteiger partial charge in [0.05, 0.1) is 0 Å². The average Bonchev–Trinajstić information content (AvgIpc) is 1.25. The molecule has 0 rings (SSSR count). The second-order valence-corrected chi connectivity index (χ2v) is 0.640. The van der Waals surface area contributed by atoms with Gasteiger partial charge in [-0.3, -0.25) is 0 Å². The summed E-state index contributed by atoms with van der Waals surface area (Å²) in [5.74, 6) is 0. The van der Waals surface area contributed by atoms with Gasteiger partial charge in [-0.25, -0.2) is 4.79 Å². The van der Waals surface area contributed by atoms with Gasteiger partial charge in [-0.2, -0.15) is 0 Å². The first-order valence-corrected chi connectivity index (χ1v) is 1.35. The first-order valence-electron chi connectivity index (χ1n) is 1.35. The number of carbonyl (C=O) groups excluding carboxylic acids is 1. The van der Waals surface area contributed by atoms with Crippen LogP contribution in [0.25, 0.3) is 0 Å². The first-order chi connectivity index (χ1) is 3.46. The molecule has 0 heterocycles. The topological polar surface area (TPSA) is 132 Å². The molecule has 8 heteroatoms. The van der Waals surface area contributed by atoms with Crippen molar-refractivity contribution in [3.05, 3.63) is 10.1 Å². The Kier molecular flexibility index (Phi) is 18.8. The summed E-state index contributed by atoms with van der Waals surface area (Å²) in [6, 6.07) is -0.833. The summed E-state index contributed by atoms with van der Waals surface area (Å²) < 4.78 is 0. The fraction of sp³-hybridized carbons (Fsp3) is 0. The van der Waals surface area contributed by atoms with E-state index < -0.39 is 11.1 Å². The minimum Gasteiger partial charge on any atom is -0.352 e. The first kappa shape index (κ1) is 15.9. The minimum atomic E-state index is -1.50. The van der Waals surface area contributed by atoms with Gasteiger partial charge in [0, 0.05) is 37.7 Å². The molecule has 0 saturated carbocycles. The average molecular weight is 163 g/mol. The zero-order valence-corrected chi connectivity index (χ0v) is 6.69. The summed E-state index contributed by atoms with van der Waals surface area (Å²) in [5.41, 5.74) is 8.50. The molecule has 7 nitrogen and oxygen atoms in total. The van der Waals surface area contributed by atoms with Crippen LogP contribution in [-0.4, -0.2) is 54.1 Å². The Bertz CT molecular complexity index is 73.8. The van der Waals surface area contributed by atoms with Gasteiger partial charge in [-0.15, -0.1) is 10.1 Å². The van der Waals surface area contributed by atoms with E-state index in [2.05, 4.69) is 11.5 Å². The Morgan fingerprint density at radius 1 is 1.56 bits per heavy atom. The van der Waals surface area contributed by atoms with Crippen molar-refractivity contribution in [3.63, 3.8) is 0 Å². The predicted octanol–water partition coefficient (Wildman–Crippen LogP) is -1.70. The number of hydrogen-bond acceptors (Lipinski definition) is 3. The summed E-state index contributed by atoms with van der Waals surface area (Å²) in [7, 11) is 0. The van der Waals surface area contributed by atoms with Crippen LogP contribution in [0.3, 0.4) is 0 Å². The Morgan fingerprint density at radius 3 is 1.56 bits per heavy atom. The van der Waals surface area contributed by atoms with Crippen LogP contribution in [0.1, 0.15) is 0 Å². The van der Waals surface area contributed by atoms with Crippen molar-refractivity contribution in [1.29, 1.82) is 0 Å². The van der Waals surface area contributed by atoms with E-state index in [1.54, 1.807) is 0 Å². The van der Waals surface area contributed by atoms with E-state index in [0.29, 0.717) is 0 Å². The molecule has 0 unspecified atom stereocenters. The van der Waals surface area contributed by atoms with Crippen LogP contribution in [0.4, 0.5) is 4.79 Å². The number of primary amides is 2. The van der Waals surface area contributed by atoms with Gasteiger partial charge in [0.1, 0.15) is 0 Å². The Labute approximate surface area is 80.1 Å². The largest absolute Gasteiger partial charge is 0.352 e. The van der Waals surface area contributed by atoms with E-state index in [0.717, 1.165) is 0 Å². The molecule has 2 radical (unpaired) electrons. The molecule has 2 amide bonds. The molecule has 0 aliphatic rings. The molecule has 0 aliphatic heterocycles. The molecule has 0 aliphatic carbocycles. The van der Waals surface area contributed by atoms with Crippen LogP contribution in [0, 0.1) is 10.1 Å². The number of amides is 2. The molecule has 5 N–H and O–H groups in total. The molecule has 0 bridgehead atoms. The van der Waals surface area contributed by atoms with E-state index >= 15 is 0 Å². The van der Waals surface area contributed by atoms with Gasteiger partial charge in [0.2, 0.25) is 0 Å². The van der Waals surface area contributed by atoms with E-state index in [-0.39, 0.29) is 37.7 Å². The summed E-state index contributed by atoms with van der Waals surface area (Å²) in [5, 5.41) is 13.6.